The molecule has 2 amide bonds. The van der Waals surface area contributed by atoms with Crippen LogP contribution in [0.3, 0.4) is 0 Å². The van der Waals surface area contributed by atoms with Crippen molar-refractivity contribution in [1.29, 1.82) is 0 Å². The van der Waals surface area contributed by atoms with Crippen LogP contribution in [0.5, 0.6) is 0 Å². The summed E-state index contributed by atoms with van der Waals surface area (Å²) in [6, 6.07) is 0. The Kier molecular flexibility index (Phi) is 5.78. The largest absolute Gasteiger partial charge is 0.378 e. The summed E-state index contributed by atoms with van der Waals surface area (Å²) in [6.45, 7) is 7.71. The van der Waals surface area contributed by atoms with E-state index in [1.165, 1.54) is 0 Å². The van der Waals surface area contributed by atoms with E-state index in [0.717, 1.165) is 23.0 Å². The summed E-state index contributed by atoms with van der Waals surface area (Å²) in [5, 5.41) is 7.14. The highest BCUT2D eigenvalue weighted by Gasteiger charge is 2.33. The van der Waals surface area contributed by atoms with Crippen LogP contribution in [0.1, 0.15) is 48.8 Å². The van der Waals surface area contributed by atoms with Crippen LogP contribution in [0.25, 0.3) is 0 Å². The lowest BCUT2D eigenvalue weighted by molar-refractivity contribution is -0.141. The quantitative estimate of drug-likeness (QED) is 0.823. The fraction of sp³-hybridized carbons (Fsp3) is 0.706. The SMILES string of the molecule is CC(C)c1[nH]nc(C(=O)N2CCCC(C(=O)N3CCOCC3)C2)c1Br. The molecule has 1 aromatic rings. The molecule has 138 valence electrons. The minimum Gasteiger partial charge on any atom is -0.378 e. The predicted molar refractivity (Wildman–Crippen MR) is 96.4 cm³/mol. The first-order valence-corrected chi connectivity index (χ1v) is 9.68. The Morgan fingerprint density at radius 1 is 1.24 bits per heavy atom. The second kappa shape index (κ2) is 7.86. The van der Waals surface area contributed by atoms with Gasteiger partial charge in [0.2, 0.25) is 5.91 Å². The van der Waals surface area contributed by atoms with Gasteiger partial charge in [0.15, 0.2) is 5.69 Å². The number of H-pyrrole nitrogens is 1. The van der Waals surface area contributed by atoms with Gasteiger partial charge in [0.1, 0.15) is 0 Å². The van der Waals surface area contributed by atoms with E-state index >= 15 is 0 Å². The van der Waals surface area contributed by atoms with Crippen molar-refractivity contribution >= 4 is 27.7 Å². The summed E-state index contributed by atoms with van der Waals surface area (Å²) in [4.78, 5) is 29.2. The van der Waals surface area contributed by atoms with Crippen LogP contribution in [-0.2, 0) is 9.53 Å². The van der Waals surface area contributed by atoms with Crippen LogP contribution < -0.4 is 0 Å². The number of carbonyl (C=O) groups excluding carboxylic acids is 2. The van der Waals surface area contributed by atoms with Crippen molar-refractivity contribution < 1.29 is 14.3 Å². The maximum absolute atomic E-state index is 12.9. The van der Waals surface area contributed by atoms with Crippen molar-refractivity contribution in [2.75, 3.05) is 39.4 Å². The molecule has 1 aromatic heterocycles. The molecule has 2 aliphatic rings. The molecule has 2 fully saturated rings. The molecule has 7 nitrogen and oxygen atoms in total. The molecule has 0 aliphatic carbocycles. The third kappa shape index (κ3) is 3.89. The van der Waals surface area contributed by atoms with Gasteiger partial charge in [-0.2, -0.15) is 5.10 Å². The van der Waals surface area contributed by atoms with E-state index in [4.69, 9.17) is 4.74 Å². The number of nitrogens with one attached hydrogen (secondary N) is 1. The minimum atomic E-state index is -0.127. The van der Waals surface area contributed by atoms with Crippen molar-refractivity contribution in [2.45, 2.75) is 32.6 Å². The van der Waals surface area contributed by atoms with Gasteiger partial charge in [0, 0.05) is 26.2 Å². The maximum Gasteiger partial charge on any atom is 0.275 e. The van der Waals surface area contributed by atoms with Crippen molar-refractivity contribution in [1.82, 2.24) is 20.0 Å². The number of morpholine rings is 1. The number of nitrogens with zero attached hydrogens (tertiary/aromatic N) is 3. The van der Waals surface area contributed by atoms with Crippen LogP contribution in [-0.4, -0.2) is 71.2 Å². The van der Waals surface area contributed by atoms with Crippen molar-refractivity contribution in [3.63, 3.8) is 0 Å². The first-order valence-electron chi connectivity index (χ1n) is 8.88. The highest BCUT2D eigenvalue weighted by atomic mass is 79.9. The molecule has 1 N–H and O–H groups in total. The van der Waals surface area contributed by atoms with Crippen molar-refractivity contribution in [3.05, 3.63) is 15.9 Å². The summed E-state index contributed by atoms with van der Waals surface area (Å²) in [6.07, 6.45) is 1.67. The van der Waals surface area contributed by atoms with Gasteiger partial charge in [-0.05, 0) is 34.7 Å². The first kappa shape index (κ1) is 18.4. The van der Waals surface area contributed by atoms with Crippen LogP contribution in [0, 0.1) is 5.92 Å². The fourth-order valence-corrected chi connectivity index (χ4v) is 4.23. The molecular weight excluding hydrogens is 388 g/mol. The lowest BCUT2D eigenvalue weighted by Gasteiger charge is -2.36. The summed E-state index contributed by atoms with van der Waals surface area (Å²) >= 11 is 3.50. The molecule has 0 spiro atoms. The molecule has 25 heavy (non-hydrogen) atoms. The monoisotopic (exact) mass is 412 g/mol. The Bertz CT molecular complexity index is 640. The van der Waals surface area contributed by atoms with Gasteiger partial charge >= 0.3 is 0 Å². The molecule has 3 heterocycles. The molecule has 0 bridgehead atoms. The van der Waals surface area contributed by atoms with Gasteiger partial charge in [-0.25, -0.2) is 0 Å². The molecule has 0 saturated carbocycles. The number of carbonyl (C=O) groups is 2. The number of ether oxygens (including phenoxy) is 1. The van der Waals surface area contributed by atoms with Gasteiger partial charge < -0.3 is 14.5 Å². The molecule has 0 aromatic carbocycles. The zero-order valence-corrected chi connectivity index (χ0v) is 16.3. The number of aromatic nitrogens is 2. The number of likely N-dealkylation sites (tertiary alicyclic amines) is 1. The number of hydrogen-bond acceptors (Lipinski definition) is 4. The van der Waals surface area contributed by atoms with Crippen molar-refractivity contribution in [3.8, 4) is 0 Å². The minimum absolute atomic E-state index is 0.116. The van der Waals surface area contributed by atoms with Gasteiger partial charge in [0.25, 0.3) is 5.91 Å². The number of halogens is 1. The predicted octanol–water partition coefficient (Wildman–Crippen LogP) is 2.01. The molecule has 1 atom stereocenters. The number of rotatable bonds is 3. The average molecular weight is 413 g/mol. The Hall–Kier alpha value is -1.41. The van der Waals surface area contributed by atoms with Crippen LogP contribution >= 0.6 is 15.9 Å². The fourth-order valence-electron chi connectivity index (χ4n) is 3.42. The zero-order valence-electron chi connectivity index (χ0n) is 14.8. The Morgan fingerprint density at radius 2 is 1.96 bits per heavy atom. The van der Waals surface area contributed by atoms with E-state index in [-0.39, 0.29) is 23.7 Å². The second-order valence-corrected chi connectivity index (χ2v) is 7.78. The third-order valence-corrected chi connectivity index (χ3v) is 5.70. The van der Waals surface area contributed by atoms with Gasteiger partial charge in [-0.1, -0.05) is 13.8 Å². The second-order valence-electron chi connectivity index (χ2n) is 6.98. The first-order chi connectivity index (χ1) is 12.0. The average Bonchev–Trinajstić information content (AvgIpc) is 3.03. The van der Waals surface area contributed by atoms with Gasteiger partial charge in [0.05, 0.1) is 29.3 Å². The van der Waals surface area contributed by atoms with E-state index in [0.29, 0.717) is 45.1 Å². The molecular formula is C17H25BrN4O3. The maximum atomic E-state index is 12.9. The van der Waals surface area contributed by atoms with Crippen LogP contribution in [0.4, 0.5) is 0 Å². The smallest absolute Gasteiger partial charge is 0.275 e. The molecule has 3 rings (SSSR count). The standard InChI is InChI=1S/C17H25BrN4O3/c1-11(2)14-13(18)15(20-19-14)17(24)22-5-3-4-12(10-22)16(23)21-6-8-25-9-7-21/h11-12H,3-10H2,1-2H3,(H,19,20). The Balaban J connectivity index is 1.68. The number of hydrogen-bond donors (Lipinski definition) is 1. The Morgan fingerprint density at radius 3 is 2.60 bits per heavy atom. The summed E-state index contributed by atoms with van der Waals surface area (Å²) in [5.41, 5.74) is 1.32. The summed E-state index contributed by atoms with van der Waals surface area (Å²) in [7, 11) is 0. The third-order valence-electron chi connectivity index (χ3n) is 4.89. The highest BCUT2D eigenvalue weighted by Crippen LogP contribution is 2.28. The zero-order chi connectivity index (χ0) is 18.0. The van der Waals surface area contributed by atoms with E-state index in [1.807, 2.05) is 18.7 Å². The van der Waals surface area contributed by atoms with Crippen LogP contribution in [0.2, 0.25) is 0 Å². The molecule has 2 aliphatic heterocycles. The van der Waals surface area contributed by atoms with E-state index in [2.05, 4.69) is 26.1 Å². The van der Waals surface area contributed by atoms with E-state index in [9.17, 15) is 9.59 Å². The lowest BCUT2D eigenvalue weighted by Crippen LogP contribution is -2.49. The number of amides is 2. The van der Waals surface area contributed by atoms with Crippen LogP contribution in [0.15, 0.2) is 4.47 Å². The summed E-state index contributed by atoms with van der Waals surface area (Å²) in [5.74, 6) is 0.151. The van der Waals surface area contributed by atoms with E-state index < -0.39 is 0 Å². The molecule has 2 saturated heterocycles. The lowest BCUT2D eigenvalue weighted by atomic mass is 9.96. The molecule has 8 heteroatoms. The number of aromatic amines is 1. The van der Waals surface area contributed by atoms with E-state index in [1.54, 1.807) is 4.90 Å². The molecule has 1 unspecified atom stereocenters. The van der Waals surface area contributed by atoms with Gasteiger partial charge in [-0.15, -0.1) is 0 Å². The Labute approximate surface area is 156 Å². The topological polar surface area (TPSA) is 78.5 Å². The number of piperidine rings is 1. The van der Waals surface area contributed by atoms with Crippen molar-refractivity contribution in [2.24, 2.45) is 5.92 Å². The summed E-state index contributed by atoms with van der Waals surface area (Å²) < 4.78 is 6.04. The highest BCUT2D eigenvalue weighted by molar-refractivity contribution is 9.10. The normalized spacial score (nSPS) is 21.7. The molecule has 0 radical (unpaired) electrons. The van der Waals surface area contributed by atoms with Gasteiger partial charge in [-0.3, -0.25) is 14.7 Å².